The van der Waals surface area contributed by atoms with Crippen molar-refractivity contribution >= 4 is 34.8 Å². The van der Waals surface area contributed by atoms with Gasteiger partial charge in [-0.05, 0) is 24.6 Å². The molecule has 0 spiro atoms. The maximum atomic E-state index is 11.2. The van der Waals surface area contributed by atoms with Gasteiger partial charge in [0.05, 0.1) is 6.54 Å². The average molecular weight is 256 g/mol. The fourth-order valence-corrected chi connectivity index (χ4v) is 1.30. The molecule has 0 aliphatic carbocycles. The van der Waals surface area contributed by atoms with Gasteiger partial charge in [0, 0.05) is 11.4 Å². The number of anilines is 2. The second-order valence-corrected chi connectivity index (χ2v) is 3.73. The van der Waals surface area contributed by atoms with Crippen LogP contribution >= 0.6 is 11.6 Å². The van der Waals surface area contributed by atoms with Gasteiger partial charge in [-0.2, -0.15) is 0 Å². The molecule has 0 aromatic heterocycles. The topological polar surface area (TPSA) is 84.2 Å². The van der Waals surface area contributed by atoms with Gasteiger partial charge in [-0.15, -0.1) is 11.6 Å². The van der Waals surface area contributed by atoms with Gasteiger partial charge >= 0.3 is 0 Å². The molecule has 0 aliphatic rings. The minimum Gasteiger partial charge on any atom is -0.325 e. The zero-order valence-electron chi connectivity index (χ0n) is 9.42. The predicted molar refractivity (Wildman–Crippen MR) is 68.2 cm³/mol. The van der Waals surface area contributed by atoms with Gasteiger partial charge in [0.25, 0.3) is 0 Å². The largest absolute Gasteiger partial charge is 0.325 e. The molecular weight excluding hydrogens is 242 g/mol. The SMILES string of the molecule is Cc1ccc(NC(=O)CCl)cc1NC(=O)CN. The Labute approximate surface area is 104 Å². The molecule has 0 aliphatic heterocycles. The minimum atomic E-state index is -0.299. The lowest BCUT2D eigenvalue weighted by atomic mass is 10.1. The molecule has 92 valence electrons. The summed E-state index contributed by atoms with van der Waals surface area (Å²) in [6, 6.07) is 5.18. The van der Waals surface area contributed by atoms with Crippen LogP contribution in [0.5, 0.6) is 0 Å². The summed E-state index contributed by atoms with van der Waals surface area (Å²) in [5.74, 6) is -0.696. The molecule has 1 aromatic carbocycles. The van der Waals surface area contributed by atoms with Gasteiger partial charge in [0.2, 0.25) is 11.8 Å². The van der Waals surface area contributed by atoms with E-state index in [9.17, 15) is 9.59 Å². The molecular formula is C11H14ClN3O2. The first-order chi connectivity index (χ1) is 8.06. The highest BCUT2D eigenvalue weighted by molar-refractivity contribution is 6.29. The van der Waals surface area contributed by atoms with Crippen LogP contribution in [0.15, 0.2) is 18.2 Å². The van der Waals surface area contributed by atoms with Crippen LogP contribution in [0.25, 0.3) is 0 Å². The fraction of sp³-hybridized carbons (Fsp3) is 0.273. The first kappa shape index (κ1) is 13.5. The molecule has 1 aromatic rings. The van der Waals surface area contributed by atoms with E-state index in [0.29, 0.717) is 11.4 Å². The average Bonchev–Trinajstić information content (AvgIpc) is 2.33. The summed E-state index contributed by atoms with van der Waals surface area (Å²) in [7, 11) is 0. The number of nitrogens with one attached hydrogen (secondary N) is 2. The zero-order valence-corrected chi connectivity index (χ0v) is 10.2. The van der Waals surface area contributed by atoms with Gasteiger partial charge in [0.15, 0.2) is 0 Å². The highest BCUT2D eigenvalue weighted by Crippen LogP contribution is 2.20. The smallest absolute Gasteiger partial charge is 0.239 e. The number of carbonyl (C=O) groups excluding carboxylic acids is 2. The maximum Gasteiger partial charge on any atom is 0.239 e. The Balaban J connectivity index is 2.86. The van der Waals surface area contributed by atoms with Gasteiger partial charge in [-0.25, -0.2) is 0 Å². The van der Waals surface area contributed by atoms with Crippen LogP contribution in [0.4, 0.5) is 11.4 Å². The molecule has 0 radical (unpaired) electrons. The van der Waals surface area contributed by atoms with Gasteiger partial charge in [0.1, 0.15) is 5.88 Å². The summed E-state index contributed by atoms with van der Waals surface area (Å²) in [6.45, 7) is 1.76. The molecule has 0 fully saturated rings. The molecule has 0 atom stereocenters. The van der Waals surface area contributed by atoms with Gasteiger partial charge < -0.3 is 16.4 Å². The number of aryl methyl sites for hydroxylation is 1. The molecule has 0 bridgehead atoms. The Kier molecular flexibility index (Phi) is 4.93. The highest BCUT2D eigenvalue weighted by Gasteiger charge is 2.05. The molecule has 5 nitrogen and oxygen atoms in total. The molecule has 0 unspecified atom stereocenters. The van der Waals surface area contributed by atoms with Crippen LogP contribution in [0.1, 0.15) is 5.56 Å². The lowest BCUT2D eigenvalue weighted by Crippen LogP contribution is -2.22. The zero-order chi connectivity index (χ0) is 12.8. The summed E-state index contributed by atoms with van der Waals surface area (Å²) in [5, 5.41) is 5.24. The second kappa shape index (κ2) is 6.22. The standard InChI is InChI=1S/C11H14ClN3O2/c1-7-2-3-8(14-10(16)5-12)4-9(7)15-11(17)6-13/h2-4H,5-6,13H2,1H3,(H,14,16)(H,15,17). The van der Waals surface area contributed by atoms with Crippen molar-refractivity contribution in [2.24, 2.45) is 5.73 Å². The van der Waals surface area contributed by atoms with Crippen molar-refractivity contribution in [2.45, 2.75) is 6.92 Å². The molecule has 6 heteroatoms. The lowest BCUT2D eigenvalue weighted by Gasteiger charge is -2.10. The van der Waals surface area contributed by atoms with E-state index in [1.54, 1.807) is 18.2 Å². The van der Waals surface area contributed by atoms with E-state index in [-0.39, 0.29) is 24.2 Å². The number of amides is 2. The molecule has 4 N–H and O–H groups in total. The maximum absolute atomic E-state index is 11.2. The highest BCUT2D eigenvalue weighted by atomic mass is 35.5. The lowest BCUT2D eigenvalue weighted by molar-refractivity contribution is -0.115. The molecule has 0 heterocycles. The molecule has 1 rings (SSSR count). The van der Waals surface area contributed by atoms with Crippen molar-refractivity contribution in [3.05, 3.63) is 23.8 Å². The van der Waals surface area contributed by atoms with E-state index < -0.39 is 0 Å². The molecule has 2 amide bonds. The van der Waals surface area contributed by atoms with Crippen LogP contribution in [-0.2, 0) is 9.59 Å². The molecule has 17 heavy (non-hydrogen) atoms. The van der Waals surface area contributed by atoms with E-state index in [1.165, 1.54) is 0 Å². The third-order valence-corrected chi connectivity index (χ3v) is 2.34. The Bertz CT molecular complexity index is 435. The molecule has 0 saturated carbocycles. The van der Waals surface area contributed by atoms with E-state index in [1.807, 2.05) is 6.92 Å². The van der Waals surface area contributed by atoms with Gasteiger partial charge in [-0.3, -0.25) is 9.59 Å². The van der Waals surface area contributed by atoms with Crippen molar-refractivity contribution in [3.63, 3.8) is 0 Å². The number of rotatable bonds is 4. The van der Waals surface area contributed by atoms with Crippen LogP contribution in [0, 0.1) is 6.92 Å². The number of hydrogen-bond acceptors (Lipinski definition) is 3. The van der Waals surface area contributed by atoms with Crippen LogP contribution in [-0.4, -0.2) is 24.2 Å². The van der Waals surface area contributed by atoms with Crippen molar-refractivity contribution in [1.29, 1.82) is 0 Å². The number of carbonyl (C=O) groups is 2. The minimum absolute atomic E-state index is 0.0856. The van der Waals surface area contributed by atoms with E-state index in [4.69, 9.17) is 17.3 Å². The third kappa shape index (κ3) is 4.05. The van der Waals surface area contributed by atoms with Crippen molar-refractivity contribution in [3.8, 4) is 0 Å². The summed E-state index contributed by atoms with van der Waals surface area (Å²) < 4.78 is 0. The normalized spacial score (nSPS) is 9.82. The monoisotopic (exact) mass is 255 g/mol. The Morgan fingerprint density at radius 3 is 2.59 bits per heavy atom. The third-order valence-electron chi connectivity index (χ3n) is 2.10. The number of nitrogens with two attached hydrogens (primary N) is 1. The van der Waals surface area contributed by atoms with Crippen molar-refractivity contribution in [2.75, 3.05) is 23.1 Å². The summed E-state index contributed by atoms with van der Waals surface area (Å²) in [4.78, 5) is 22.3. The van der Waals surface area contributed by atoms with Crippen LogP contribution in [0.2, 0.25) is 0 Å². The first-order valence-corrected chi connectivity index (χ1v) is 5.56. The number of hydrogen-bond donors (Lipinski definition) is 3. The van der Waals surface area contributed by atoms with E-state index in [2.05, 4.69) is 10.6 Å². The Morgan fingerprint density at radius 1 is 1.29 bits per heavy atom. The summed E-state index contributed by atoms with van der Waals surface area (Å²) >= 11 is 5.38. The van der Waals surface area contributed by atoms with Crippen molar-refractivity contribution in [1.82, 2.24) is 0 Å². The van der Waals surface area contributed by atoms with Crippen LogP contribution in [0.3, 0.4) is 0 Å². The Hall–Kier alpha value is -1.59. The number of halogens is 1. The van der Waals surface area contributed by atoms with Gasteiger partial charge in [-0.1, -0.05) is 6.07 Å². The fourth-order valence-electron chi connectivity index (χ4n) is 1.23. The quantitative estimate of drug-likeness (QED) is 0.704. The van der Waals surface area contributed by atoms with Crippen molar-refractivity contribution < 1.29 is 9.59 Å². The number of benzene rings is 1. The van der Waals surface area contributed by atoms with E-state index in [0.717, 1.165) is 5.56 Å². The molecule has 0 saturated heterocycles. The van der Waals surface area contributed by atoms with E-state index >= 15 is 0 Å². The second-order valence-electron chi connectivity index (χ2n) is 3.46. The predicted octanol–water partition coefficient (Wildman–Crippen LogP) is 1.07. The Morgan fingerprint density at radius 2 is 2.00 bits per heavy atom. The summed E-state index contributed by atoms with van der Waals surface area (Å²) in [5.41, 5.74) is 7.29. The summed E-state index contributed by atoms with van der Waals surface area (Å²) in [6.07, 6.45) is 0. The van der Waals surface area contributed by atoms with Crippen LogP contribution < -0.4 is 16.4 Å². The number of alkyl halides is 1. The first-order valence-electron chi connectivity index (χ1n) is 5.03.